The first-order valence-electron chi connectivity index (χ1n) is 5.73. The first kappa shape index (κ1) is 12.5. The molecule has 4 N–H and O–H groups in total. The van der Waals surface area contributed by atoms with E-state index >= 15 is 0 Å². The molecule has 4 nitrogen and oxygen atoms in total. The van der Waals surface area contributed by atoms with Crippen molar-refractivity contribution in [3.8, 4) is 16.2 Å². The number of amides is 1. The molecule has 6 heteroatoms. The summed E-state index contributed by atoms with van der Waals surface area (Å²) < 4.78 is 6.10. The molecule has 1 aliphatic rings. The van der Waals surface area contributed by atoms with Gasteiger partial charge in [-0.1, -0.05) is 22.0 Å². The number of hydrogen-bond acceptors (Lipinski definition) is 4. The molecule has 0 fully saturated rings. The Morgan fingerprint density at radius 2 is 2.16 bits per heavy atom. The summed E-state index contributed by atoms with van der Waals surface area (Å²) in [7, 11) is 0. The van der Waals surface area contributed by atoms with E-state index in [2.05, 4.69) is 28.1 Å². The van der Waals surface area contributed by atoms with Crippen molar-refractivity contribution in [1.29, 1.82) is 0 Å². The van der Waals surface area contributed by atoms with Crippen molar-refractivity contribution >= 4 is 38.4 Å². The summed E-state index contributed by atoms with van der Waals surface area (Å²) in [5.41, 5.74) is 14.4. The number of ether oxygens (including phenoxy) is 1. The van der Waals surface area contributed by atoms with Gasteiger partial charge < -0.3 is 16.2 Å². The van der Waals surface area contributed by atoms with Crippen molar-refractivity contribution in [2.75, 3.05) is 5.73 Å². The molecule has 0 saturated carbocycles. The van der Waals surface area contributed by atoms with Gasteiger partial charge in [-0.3, -0.25) is 0 Å². The Hall–Kier alpha value is -1.53. The van der Waals surface area contributed by atoms with Crippen LogP contribution in [0.4, 0.5) is 9.80 Å². The van der Waals surface area contributed by atoms with Gasteiger partial charge in [-0.2, -0.15) is 0 Å². The Balaban J connectivity index is 2.15. The number of carbonyl (C=O) groups excluding carboxylic acids is 1. The van der Waals surface area contributed by atoms with Gasteiger partial charge in [0.05, 0.1) is 0 Å². The van der Waals surface area contributed by atoms with Crippen LogP contribution >= 0.6 is 27.3 Å². The summed E-state index contributed by atoms with van der Waals surface area (Å²) in [6, 6.07) is 6.17. The fraction of sp³-hybridized carbons (Fsp3) is 0.154. The molecule has 1 aromatic heterocycles. The van der Waals surface area contributed by atoms with E-state index in [1.807, 2.05) is 6.07 Å². The number of nitrogens with two attached hydrogens (primary N) is 2. The minimum Gasteiger partial charge on any atom is -0.407 e. The number of thiophene rings is 1. The van der Waals surface area contributed by atoms with Crippen LogP contribution in [0.3, 0.4) is 0 Å². The van der Waals surface area contributed by atoms with E-state index in [0.717, 1.165) is 33.3 Å². The fourth-order valence-corrected chi connectivity index (χ4v) is 3.89. The molecule has 0 atom stereocenters. The van der Waals surface area contributed by atoms with Gasteiger partial charge in [-0.05, 0) is 36.1 Å². The van der Waals surface area contributed by atoms with Gasteiger partial charge in [0.15, 0.2) is 5.75 Å². The largest absolute Gasteiger partial charge is 0.410 e. The number of hydrogen-bond donors (Lipinski definition) is 2. The lowest BCUT2D eigenvalue weighted by Gasteiger charge is -2.17. The number of anilines is 1. The zero-order chi connectivity index (χ0) is 13.6. The smallest absolute Gasteiger partial charge is 0.407 e. The molecule has 1 heterocycles. The van der Waals surface area contributed by atoms with E-state index < -0.39 is 6.09 Å². The highest BCUT2D eigenvalue weighted by molar-refractivity contribution is 9.10. The van der Waals surface area contributed by atoms with Crippen molar-refractivity contribution in [2.24, 2.45) is 5.73 Å². The molecule has 3 rings (SSSR count). The van der Waals surface area contributed by atoms with Gasteiger partial charge in [-0.15, -0.1) is 11.3 Å². The lowest BCUT2D eigenvalue weighted by atomic mass is 9.91. The monoisotopic (exact) mass is 338 g/mol. The van der Waals surface area contributed by atoms with Crippen LogP contribution in [0.5, 0.6) is 5.75 Å². The predicted molar refractivity (Wildman–Crippen MR) is 79.5 cm³/mol. The molecule has 0 saturated heterocycles. The summed E-state index contributed by atoms with van der Waals surface area (Å²) in [6.07, 6.45) is 0.872. The lowest BCUT2D eigenvalue weighted by molar-refractivity contribution is 0.211. The lowest BCUT2D eigenvalue weighted by Crippen LogP contribution is -2.17. The number of benzene rings is 1. The third-order valence-corrected chi connectivity index (χ3v) is 4.71. The van der Waals surface area contributed by atoms with Crippen LogP contribution in [0.25, 0.3) is 10.4 Å². The summed E-state index contributed by atoms with van der Waals surface area (Å²) in [6.45, 7) is 0. The van der Waals surface area contributed by atoms with Crippen LogP contribution in [-0.4, -0.2) is 6.09 Å². The maximum absolute atomic E-state index is 10.9. The van der Waals surface area contributed by atoms with Gasteiger partial charge in [0.2, 0.25) is 0 Å². The van der Waals surface area contributed by atoms with E-state index in [-0.39, 0.29) is 0 Å². The Morgan fingerprint density at radius 1 is 1.37 bits per heavy atom. The van der Waals surface area contributed by atoms with E-state index in [1.165, 1.54) is 16.9 Å². The minimum atomic E-state index is -0.825. The number of fused-ring (bicyclic) bond motifs is 3. The van der Waals surface area contributed by atoms with Crippen LogP contribution in [0.15, 0.2) is 22.7 Å². The first-order valence-corrected chi connectivity index (χ1v) is 7.34. The summed E-state index contributed by atoms with van der Waals surface area (Å²) in [4.78, 5) is 12.0. The third-order valence-electron chi connectivity index (χ3n) is 3.14. The molecule has 2 aromatic rings. The number of halogens is 1. The number of rotatable bonds is 1. The van der Waals surface area contributed by atoms with Crippen LogP contribution in [0, 0.1) is 0 Å². The van der Waals surface area contributed by atoms with Crippen LogP contribution in [0.1, 0.15) is 11.1 Å². The molecule has 0 bridgehead atoms. The highest BCUT2D eigenvalue weighted by Crippen LogP contribution is 2.48. The van der Waals surface area contributed by atoms with Crippen LogP contribution < -0.4 is 16.2 Å². The van der Waals surface area contributed by atoms with Crippen molar-refractivity contribution in [3.63, 3.8) is 0 Å². The van der Waals surface area contributed by atoms with Crippen molar-refractivity contribution < 1.29 is 9.53 Å². The Morgan fingerprint density at radius 3 is 2.89 bits per heavy atom. The maximum atomic E-state index is 10.9. The second kappa shape index (κ2) is 4.54. The molecular weight excluding hydrogens is 328 g/mol. The third kappa shape index (κ3) is 2.11. The van der Waals surface area contributed by atoms with Gasteiger partial charge in [0.25, 0.3) is 0 Å². The van der Waals surface area contributed by atoms with Gasteiger partial charge in [0, 0.05) is 14.9 Å². The summed E-state index contributed by atoms with van der Waals surface area (Å²) in [5.74, 6) is 0.432. The molecular formula is C13H11BrN2O2S. The summed E-state index contributed by atoms with van der Waals surface area (Å²) >= 11 is 4.91. The van der Waals surface area contributed by atoms with E-state index in [9.17, 15) is 4.79 Å². The predicted octanol–water partition coefficient (Wildman–Crippen LogP) is 3.32. The molecule has 1 aromatic carbocycles. The molecule has 98 valence electrons. The van der Waals surface area contributed by atoms with E-state index in [1.54, 1.807) is 0 Å². The first-order chi connectivity index (χ1) is 9.06. The number of primary amides is 1. The topological polar surface area (TPSA) is 78.3 Å². The van der Waals surface area contributed by atoms with Gasteiger partial charge in [0.1, 0.15) is 5.00 Å². The average Bonchev–Trinajstić information content (AvgIpc) is 2.65. The second-order valence-electron chi connectivity index (χ2n) is 4.33. The average molecular weight is 339 g/mol. The highest BCUT2D eigenvalue weighted by Gasteiger charge is 2.25. The van der Waals surface area contributed by atoms with Gasteiger partial charge >= 0.3 is 6.09 Å². The number of aryl methyl sites for hydroxylation is 1. The van der Waals surface area contributed by atoms with Crippen molar-refractivity contribution in [2.45, 2.75) is 12.8 Å². The SMILES string of the molecule is NC(=O)Oc1c(N)sc2c1CCc1cc(Br)ccc1-2. The molecule has 1 aliphatic carbocycles. The highest BCUT2D eigenvalue weighted by atomic mass is 79.9. The second-order valence-corrected chi connectivity index (χ2v) is 6.29. The fourth-order valence-electron chi connectivity index (χ4n) is 2.38. The van der Waals surface area contributed by atoms with Gasteiger partial charge in [-0.25, -0.2) is 4.79 Å². The number of carbonyl (C=O) groups is 1. The van der Waals surface area contributed by atoms with E-state index in [4.69, 9.17) is 16.2 Å². The molecule has 19 heavy (non-hydrogen) atoms. The van der Waals surface area contributed by atoms with Crippen molar-refractivity contribution in [1.82, 2.24) is 0 Å². The van der Waals surface area contributed by atoms with E-state index in [0.29, 0.717) is 10.8 Å². The molecule has 0 unspecified atom stereocenters. The molecule has 0 aliphatic heterocycles. The minimum absolute atomic E-state index is 0.432. The maximum Gasteiger partial charge on any atom is 0.410 e. The zero-order valence-corrected chi connectivity index (χ0v) is 12.3. The zero-order valence-electron chi connectivity index (χ0n) is 9.90. The molecule has 0 radical (unpaired) electrons. The number of nitrogen functional groups attached to an aromatic ring is 1. The standard InChI is InChI=1S/C13H11BrN2O2S/c14-7-2-4-8-6(5-7)1-3-9-10(18-13(16)17)12(15)19-11(8)9/h2,4-5H,1,3,15H2,(H2,16,17). The Labute approximate surface area is 122 Å². The summed E-state index contributed by atoms with van der Waals surface area (Å²) in [5, 5.41) is 0.500. The normalized spacial score (nSPS) is 12.7. The van der Waals surface area contributed by atoms with Crippen molar-refractivity contribution in [3.05, 3.63) is 33.8 Å². The molecule has 0 spiro atoms. The quantitative estimate of drug-likeness (QED) is 0.837. The Kier molecular flexibility index (Phi) is 2.99. The Bertz CT molecular complexity index is 682. The molecule has 1 amide bonds. The van der Waals surface area contributed by atoms with Crippen LogP contribution in [-0.2, 0) is 12.8 Å². The van der Waals surface area contributed by atoms with Crippen LogP contribution in [0.2, 0.25) is 0 Å².